The van der Waals surface area contributed by atoms with Gasteiger partial charge in [0.05, 0.1) is 11.9 Å². The second kappa shape index (κ2) is 4.05. The first-order chi connectivity index (χ1) is 6.83. The van der Waals surface area contributed by atoms with Crippen LogP contribution in [0.4, 0.5) is 0 Å². The van der Waals surface area contributed by atoms with Gasteiger partial charge in [0.2, 0.25) is 0 Å². The molecule has 0 saturated carbocycles. The minimum atomic E-state index is -0.0775. The van der Waals surface area contributed by atoms with Crippen LogP contribution in [-0.2, 0) is 9.53 Å². The highest BCUT2D eigenvalue weighted by molar-refractivity contribution is 8.08. The molecule has 74 valence electrons. The van der Waals surface area contributed by atoms with Gasteiger partial charge in [0, 0.05) is 0 Å². The maximum absolute atomic E-state index is 11.3. The lowest BCUT2D eigenvalue weighted by atomic mass is 10.1. The largest absolute Gasteiger partial charge is 0.465 e. The number of benzene rings is 1. The van der Waals surface area contributed by atoms with Gasteiger partial charge in [-0.15, -0.1) is 11.8 Å². The number of hydrogen-bond donors (Lipinski definition) is 0. The average Bonchev–Trinajstić information content (AvgIpc) is 2.99. The smallest absolute Gasteiger partial charge is 0.320 e. The molecule has 0 amide bonds. The second-order valence-corrected chi connectivity index (χ2v) is 4.43. The van der Waals surface area contributed by atoms with Crippen LogP contribution in [0.25, 0.3) is 0 Å². The molecule has 1 aliphatic rings. The minimum absolute atomic E-state index is 0.0253. The van der Waals surface area contributed by atoms with Crippen LogP contribution in [0.2, 0.25) is 0 Å². The second-order valence-electron chi connectivity index (χ2n) is 3.14. The number of carbonyl (C=O) groups is 1. The summed E-state index contributed by atoms with van der Waals surface area (Å²) >= 11 is 1.66. The highest BCUT2D eigenvalue weighted by Crippen LogP contribution is 2.55. The zero-order chi connectivity index (χ0) is 9.97. The van der Waals surface area contributed by atoms with Crippen LogP contribution in [0.1, 0.15) is 17.7 Å². The molecule has 1 fully saturated rings. The maximum Gasteiger partial charge on any atom is 0.320 e. The van der Waals surface area contributed by atoms with E-state index in [0.717, 1.165) is 0 Å². The maximum atomic E-state index is 11.3. The summed E-state index contributed by atoms with van der Waals surface area (Å²) in [6.07, 6.45) is 0. The Hall–Kier alpha value is -0.960. The van der Waals surface area contributed by atoms with Gasteiger partial charge in [-0.2, -0.15) is 0 Å². The van der Waals surface area contributed by atoms with E-state index in [-0.39, 0.29) is 11.2 Å². The van der Waals surface area contributed by atoms with E-state index >= 15 is 0 Å². The first-order valence-electron chi connectivity index (χ1n) is 4.70. The van der Waals surface area contributed by atoms with Crippen LogP contribution < -0.4 is 0 Å². The highest BCUT2D eigenvalue weighted by atomic mass is 32.2. The summed E-state index contributed by atoms with van der Waals surface area (Å²) in [5.41, 5.74) is 1.22. The van der Waals surface area contributed by atoms with E-state index < -0.39 is 0 Å². The Morgan fingerprint density at radius 3 is 2.79 bits per heavy atom. The van der Waals surface area contributed by atoms with Gasteiger partial charge < -0.3 is 4.74 Å². The van der Waals surface area contributed by atoms with Gasteiger partial charge in [-0.1, -0.05) is 30.3 Å². The number of rotatable bonds is 3. The van der Waals surface area contributed by atoms with Gasteiger partial charge in [-0.05, 0) is 12.5 Å². The van der Waals surface area contributed by atoms with Crippen molar-refractivity contribution in [2.24, 2.45) is 0 Å². The van der Waals surface area contributed by atoms with Gasteiger partial charge in [-0.25, -0.2) is 0 Å². The molecule has 1 aromatic rings. The number of thioether (sulfide) groups is 1. The molecule has 0 bridgehead atoms. The molecule has 0 aromatic heterocycles. The molecule has 2 rings (SSSR count). The predicted octanol–water partition coefficient (Wildman–Crippen LogP) is 2.41. The molecule has 1 saturated heterocycles. The molecule has 1 aliphatic heterocycles. The monoisotopic (exact) mass is 208 g/mol. The molecule has 1 aromatic carbocycles. The summed E-state index contributed by atoms with van der Waals surface area (Å²) < 4.78 is 4.96. The van der Waals surface area contributed by atoms with Crippen molar-refractivity contribution in [1.29, 1.82) is 0 Å². The van der Waals surface area contributed by atoms with Crippen LogP contribution in [0.15, 0.2) is 30.3 Å². The Kier molecular flexibility index (Phi) is 2.77. The third-order valence-electron chi connectivity index (χ3n) is 2.14. The lowest BCUT2D eigenvalue weighted by Crippen LogP contribution is -2.10. The normalized spacial score (nSPS) is 24.4. The van der Waals surface area contributed by atoms with Crippen LogP contribution in [0, 0.1) is 0 Å². The number of esters is 1. The number of ether oxygens (including phenoxy) is 1. The molecule has 0 radical (unpaired) electrons. The summed E-state index contributed by atoms with van der Waals surface area (Å²) in [5.74, 6) is -0.0775. The van der Waals surface area contributed by atoms with Crippen molar-refractivity contribution >= 4 is 17.7 Å². The van der Waals surface area contributed by atoms with Crippen molar-refractivity contribution in [3.63, 3.8) is 0 Å². The standard InChI is InChI=1S/C11H12O2S/c1-2-13-11(12)10-9(14-10)8-6-4-3-5-7-8/h3-7,9-10H,2H2,1H3. The highest BCUT2D eigenvalue weighted by Gasteiger charge is 2.46. The van der Waals surface area contributed by atoms with Gasteiger partial charge in [-0.3, -0.25) is 4.79 Å². The molecule has 0 N–H and O–H groups in total. The molecule has 0 aliphatic carbocycles. The Balaban J connectivity index is 1.96. The summed E-state index contributed by atoms with van der Waals surface area (Å²) in [7, 11) is 0. The third-order valence-corrected chi connectivity index (χ3v) is 3.42. The van der Waals surface area contributed by atoms with Crippen molar-refractivity contribution in [3.05, 3.63) is 35.9 Å². The zero-order valence-corrected chi connectivity index (χ0v) is 8.79. The SMILES string of the molecule is CCOC(=O)C1SC1c1ccccc1. The molecule has 2 nitrogen and oxygen atoms in total. The average molecular weight is 208 g/mol. The molecule has 2 atom stereocenters. The summed E-state index contributed by atoms with van der Waals surface area (Å²) in [4.78, 5) is 11.3. The van der Waals surface area contributed by atoms with Crippen LogP contribution in [0.5, 0.6) is 0 Å². The fourth-order valence-corrected chi connectivity index (χ4v) is 2.40. The summed E-state index contributed by atoms with van der Waals surface area (Å²) in [6.45, 7) is 2.31. The van der Waals surface area contributed by atoms with Crippen molar-refractivity contribution in [3.8, 4) is 0 Å². The number of carbonyl (C=O) groups excluding carboxylic acids is 1. The molecule has 0 spiro atoms. The van der Waals surface area contributed by atoms with Gasteiger partial charge in [0.15, 0.2) is 0 Å². The topological polar surface area (TPSA) is 26.3 Å². The van der Waals surface area contributed by atoms with Crippen molar-refractivity contribution in [1.82, 2.24) is 0 Å². The first kappa shape index (κ1) is 9.59. The quantitative estimate of drug-likeness (QED) is 0.563. The molecule has 2 unspecified atom stereocenters. The lowest BCUT2D eigenvalue weighted by Gasteiger charge is -1.98. The fraction of sp³-hybridized carbons (Fsp3) is 0.364. The Morgan fingerprint density at radius 2 is 2.14 bits per heavy atom. The number of hydrogen-bond acceptors (Lipinski definition) is 3. The lowest BCUT2D eigenvalue weighted by molar-refractivity contribution is -0.141. The van der Waals surface area contributed by atoms with Gasteiger partial charge in [0.25, 0.3) is 0 Å². The van der Waals surface area contributed by atoms with E-state index in [1.807, 2.05) is 25.1 Å². The van der Waals surface area contributed by atoms with E-state index in [1.54, 1.807) is 11.8 Å². The Morgan fingerprint density at radius 1 is 1.43 bits per heavy atom. The first-order valence-corrected chi connectivity index (χ1v) is 5.64. The van der Waals surface area contributed by atoms with Crippen molar-refractivity contribution < 1.29 is 9.53 Å². The fourth-order valence-electron chi connectivity index (χ4n) is 1.41. The third kappa shape index (κ3) is 1.93. The molecule has 3 heteroatoms. The minimum Gasteiger partial charge on any atom is -0.465 e. The predicted molar refractivity (Wildman–Crippen MR) is 57.2 cm³/mol. The molecular formula is C11H12O2S. The van der Waals surface area contributed by atoms with Crippen LogP contribution in [-0.4, -0.2) is 17.8 Å². The van der Waals surface area contributed by atoms with E-state index in [2.05, 4.69) is 12.1 Å². The van der Waals surface area contributed by atoms with E-state index in [1.165, 1.54) is 5.56 Å². The van der Waals surface area contributed by atoms with Crippen LogP contribution >= 0.6 is 11.8 Å². The molecule has 1 heterocycles. The Labute approximate surface area is 87.6 Å². The molecular weight excluding hydrogens is 196 g/mol. The van der Waals surface area contributed by atoms with E-state index in [9.17, 15) is 4.79 Å². The Bertz CT molecular complexity index is 323. The summed E-state index contributed by atoms with van der Waals surface area (Å²) in [6, 6.07) is 10.1. The summed E-state index contributed by atoms with van der Waals surface area (Å²) in [5, 5.41) is 0.340. The van der Waals surface area contributed by atoms with Crippen molar-refractivity contribution in [2.75, 3.05) is 6.61 Å². The van der Waals surface area contributed by atoms with Crippen molar-refractivity contribution in [2.45, 2.75) is 17.4 Å². The van der Waals surface area contributed by atoms with E-state index in [4.69, 9.17) is 4.74 Å². The van der Waals surface area contributed by atoms with Gasteiger partial charge in [0.1, 0.15) is 5.25 Å². The van der Waals surface area contributed by atoms with Crippen LogP contribution in [0.3, 0.4) is 0 Å². The molecule has 14 heavy (non-hydrogen) atoms. The van der Waals surface area contributed by atoms with E-state index in [0.29, 0.717) is 11.9 Å². The van der Waals surface area contributed by atoms with Gasteiger partial charge >= 0.3 is 5.97 Å². The zero-order valence-electron chi connectivity index (χ0n) is 7.97.